The number of urea groups is 2. The summed E-state index contributed by atoms with van der Waals surface area (Å²) in [6, 6.07) is 14.3. The van der Waals surface area contributed by atoms with Gasteiger partial charge >= 0.3 is 12.1 Å². The van der Waals surface area contributed by atoms with E-state index in [4.69, 9.17) is 4.74 Å². The molecule has 2 aliphatic heterocycles. The largest absolute Gasteiger partial charge is 0.381 e. The third kappa shape index (κ3) is 3.93. The summed E-state index contributed by atoms with van der Waals surface area (Å²) in [5.41, 5.74) is 4.04. The second-order valence-corrected chi connectivity index (χ2v) is 8.80. The molecule has 2 heterocycles. The summed E-state index contributed by atoms with van der Waals surface area (Å²) in [4.78, 5) is 35.9. The molecule has 2 unspecified atom stereocenters. The molecule has 2 aromatic rings. The smallest absolute Gasteiger partial charge is 0.322 e. The molecule has 0 radical (unpaired) electrons. The molecule has 1 aliphatic carbocycles. The maximum absolute atomic E-state index is 12.9. The number of amides is 5. The molecular weight excluding hydrogens is 408 g/mol. The van der Waals surface area contributed by atoms with Gasteiger partial charge in [-0.3, -0.25) is 10.1 Å². The second-order valence-electron chi connectivity index (χ2n) is 8.80. The molecular formula is C24H26N4O4. The predicted octanol–water partition coefficient (Wildman–Crippen LogP) is 2.65. The van der Waals surface area contributed by atoms with Crippen molar-refractivity contribution in [2.45, 2.75) is 37.8 Å². The van der Waals surface area contributed by atoms with Crippen LogP contribution in [0.5, 0.6) is 0 Å². The third-order valence-corrected chi connectivity index (χ3v) is 6.80. The lowest BCUT2D eigenvalue weighted by atomic mass is 9.74. The van der Waals surface area contributed by atoms with E-state index in [2.05, 4.69) is 39.5 Å². The molecule has 4 N–H and O–H groups in total. The first-order valence-electron chi connectivity index (χ1n) is 11.0. The Bertz CT molecular complexity index is 1050. The first kappa shape index (κ1) is 20.5. The van der Waals surface area contributed by atoms with Crippen LogP contribution in [0.3, 0.4) is 0 Å². The number of imide groups is 1. The molecule has 2 saturated heterocycles. The minimum absolute atomic E-state index is 0.00454. The summed E-state index contributed by atoms with van der Waals surface area (Å²) >= 11 is 0. The van der Waals surface area contributed by atoms with E-state index in [1.165, 1.54) is 11.1 Å². The normalized spacial score (nSPS) is 23.4. The number of hydrogen-bond acceptors (Lipinski definition) is 4. The molecule has 32 heavy (non-hydrogen) atoms. The minimum Gasteiger partial charge on any atom is -0.381 e. The van der Waals surface area contributed by atoms with Crippen molar-refractivity contribution in [2.75, 3.05) is 18.5 Å². The third-order valence-electron chi connectivity index (χ3n) is 6.80. The van der Waals surface area contributed by atoms with E-state index in [0.29, 0.717) is 25.3 Å². The molecule has 3 aliphatic rings. The number of benzene rings is 2. The van der Waals surface area contributed by atoms with Gasteiger partial charge in [-0.25, -0.2) is 9.59 Å². The second kappa shape index (κ2) is 8.27. The highest BCUT2D eigenvalue weighted by molar-refractivity contribution is 6.04. The lowest BCUT2D eigenvalue weighted by Crippen LogP contribution is -2.43. The van der Waals surface area contributed by atoms with E-state index >= 15 is 0 Å². The van der Waals surface area contributed by atoms with Gasteiger partial charge in [0, 0.05) is 30.7 Å². The van der Waals surface area contributed by atoms with E-state index in [1.54, 1.807) is 12.1 Å². The zero-order chi connectivity index (χ0) is 22.1. The van der Waals surface area contributed by atoms with E-state index in [0.717, 1.165) is 24.8 Å². The standard InChI is InChI=1S/C24H26N4O4/c29-21-19(26-23(31)28-21)13-15-5-7-17(8-6-15)25-22(30)27-20-18-4-2-1-3-16(18)14-24(20)9-11-32-12-10-24/h1-8,19-20H,9-14H2,(H2,25,27,30)(H2,26,28,29,31). The summed E-state index contributed by atoms with van der Waals surface area (Å²) in [5, 5.41) is 11.0. The van der Waals surface area contributed by atoms with Crippen LogP contribution in [0.25, 0.3) is 0 Å². The predicted molar refractivity (Wildman–Crippen MR) is 118 cm³/mol. The zero-order valence-corrected chi connectivity index (χ0v) is 17.6. The Labute approximate surface area is 186 Å². The van der Waals surface area contributed by atoms with Crippen molar-refractivity contribution in [1.29, 1.82) is 0 Å². The van der Waals surface area contributed by atoms with Gasteiger partial charge in [0.05, 0.1) is 6.04 Å². The molecule has 1 spiro atoms. The van der Waals surface area contributed by atoms with Crippen LogP contribution in [0.1, 0.15) is 35.6 Å². The maximum Gasteiger partial charge on any atom is 0.322 e. The molecule has 5 rings (SSSR count). The van der Waals surface area contributed by atoms with Crippen molar-refractivity contribution in [3.8, 4) is 0 Å². The lowest BCUT2D eigenvalue weighted by Gasteiger charge is -2.39. The van der Waals surface area contributed by atoms with Crippen molar-refractivity contribution in [2.24, 2.45) is 5.41 Å². The van der Waals surface area contributed by atoms with Crippen LogP contribution in [-0.2, 0) is 22.4 Å². The number of nitrogens with one attached hydrogen (secondary N) is 4. The van der Waals surface area contributed by atoms with Crippen LogP contribution in [0, 0.1) is 5.41 Å². The van der Waals surface area contributed by atoms with Crippen LogP contribution in [0.4, 0.5) is 15.3 Å². The van der Waals surface area contributed by atoms with Crippen molar-refractivity contribution >= 4 is 23.7 Å². The van der Waals surface area contributed by atoms with E-state index < -0.39 is 12.1 Å². The molecule has 2 atom stereocenters. The summed E-state index contributed by atoms with van der Waals surface area (Å²) in [7, 11) is 0. The molecule has 166 valence electrons. The highest BCUT2D eigenvalue weighted by Gasteiger charge is 2.47. The monoisotopic (exact) mass is 434 g/mol. The van der Waals surface area contributed by atoms with E-state index in [1.807, 2.05) is 18.2 Å². The molecule has 5 amide bonds. The number of fused-ring (bicyclic) bond motifs is 1. The Morgan fingerprint density at radius 2 is 1.81 bits per heavy atom. The topological polar surface area (TPSA) is 109 Å². The molecule has 8 nitrogen and oxygen atoms in total. The molecule has 0 aromatic heterocycles. The van der Waals surface area contributed by atoms with Gasteiger partial charge in [0.25, 0.3) is 5.91 Å². The zero-order valence-electron chi connectivity index (χ0n) is 17.6. The number of ether oxygens (including phenoxy) is 1. The molecule has 0 bridgehead atoms. The van der Waals surface area contributed by atoms with Crippen LogP contribution < -0.4 is 21.3 Å². The van der Waals surface area contributed by atoms with Gasteiger partial charge in [0.15, 0.2) is 0 Å². The van der Waals surface area contributed by atoms with Crippen LogP contribution in [0.15, 0.2) is 48.5 Å². The number of rotatable bonds is 4. The summed E-state index contributed by atoms with van der Waals surface area (Å²) in [5.74, 6) is -0.324. The van der Waals surface area contributed by atoms with Gasteiger partial charge in [-0.15, -0.1) is 0 Å². The van der Waals surface area contributed by atoms with Crippen molar-refractivity contribution in [3.63, 3.8) is 0 Å². The van der Waals surface area contributed by atoms with Gasteiger partial charge in [-0.2, -0.15) is 0 Å². The quantitative estimate of drug-likeness (QED) is 0.555. The van der Waals surface area contributed by atoms with Crippen LogP contribution in [-0.4, -0.2) is 37.2 Å². The van der Waals surface area contributed by atoms with Gasteiger partial charge in [-0.05, 0) is 48.1 Å². The lowest BCUT2D eigenvalue weighted by molar-refractivity contribution is -0.120. The summed E-state index contributed by atoms with van der Waals surface area (Å²) in [6.45, 7) is 1.43. The average molecular weight is 434 g/mol. The van der Waals surface area contributed by atoms with Crippen LogP contribution in [0.2, 0.25) is 0 Å². The SMILES string of the molecule is O=C1NC(=O)C(Cc2ccc(NC(=O)NC3c4ccccc4CC34CCOCC4)cc2)N1. The van der Waals surface area contributed by atoms with Crippen molar-refractivity contribution in [1.82, 2.24) is 16.0 Å². The van der Waals surface area contributed by atoms with Gasteiger partial charge in [0.1, 0.15) is 6.04 Å². The van der Waals surface area contributed by atoms with Gasteiger partial charge < -0.3 is 20.7 Å². The fraction of sp³-hybridized carbons (Fsp3) is 0.375. The summed E-state index contributed by atoms with van der Waals surface area (Å²) < 4.78 is 5.60. The minimum atomic E-state index is -0.567. The Morgan fingerprint density at radius 3 is 2.53 bits per heavy atom. The number of hydrogen-bond donors (Lipinski definition) is 4. The maximum atomic E-state index is 12.9. The van der Waals surface area contributed by atoms with Gasteiger partial charge in [0.2, 0.25) is 0 Å². The van der Waals surface area contributed by atoms with Crippen molar-refractivity contribution < 1.29 is 19.1 Å². The first-order chi connectivity index (χ1) is 15.5. The highest BCUT2D eigenvalue weighted by atomic mass is 16.5. The summed E-state index contributed by atoms with van der Waals surface area (Å²) in [6.07, 6.45) is 3.20. The highest BCUT2D eigenvalue weighted by Crippen LogP contribution is 2.51. The Hall–Kier alpha value is -3.39. The fourth-order valence-electron chi connectivity index (χ4n) is 5.12. The number of anilines is 1. The first-order valence-corrected chi connectivity index (χ1v) is 11.0. The molecule has 2 fully saturated rings. The van der Waals surface area contributed by atoms with Crippen molar-refractivity contribution in [3.05, 3.63) is 65.2 Å². The van der Waals surface area contributed by atoms with E-state index in [9.17, 15) is 14.4 Å². The Kier molecular flexibility index (Phi) is 5.30. The molecule has 8 heteroatoms. The average Bonchev–Trinajstić information content (AvgIpc) is 3.25. The Balaban J connectivity index is 1.25. The van der Waals surface area contributed by atoms with E-state index in [-0.39, 0.29) is 23.4 Å². The number of carbonyl (C=O) groups excluding carboxylic acids is 3. The van der Waals surface area contributed by atoms with Gasteiger partial charge in [-0.1, -0.05) is 36.4 Å². The Morgan fingerprint density at radius 1 is 1.06 bits per heavy atom. The molecule has 2 aromatic carbocycles. The number of carbonyl (C=O) groups is 3. The van der Waals surface area contributed by atoms with Crippen LogP contribution >= 0.6 is 0 Å². The fourth-order valence-corrected chi connectivity index (χ4v) is 5.12. The molecule has 0 saturated carbocycles.